The molecule has 0 saturated carbocycles. The van der Waals surface area contributed by atoms with E-state index >= 15 is 0 Å². The molecule has 3 fully saturated rings. The lowest BCUT2D eigenvalue weighted by molar-refractivity contribution is -0.139. The fourth-order valence-corrected chi connectivity index (χ4v) is 19.3. The zero-order chi connectivity index (χ0) is 49.6. The quantitative estimate of drug-likeness (QED) is 0.0893. The van der Waals surface area contributed by atoms with Gasteiger partial charge in [-0.05, 0) is 34.3 Å². The predicted octanol–water partition coefficient (Wildman–Crippen LogP) is 3.05. The SMILES string of the molecule is CC(=O)Nc1ccn(C2OC(CO)[C@H](O)C2OCOCCC#N)c(=O)n1.CC(=O)Nc1ccn(C2OC3CO[Si](C(C)C)(C(C)C)O[Si](C(C)C)(C(C)C)O[C@@H]3C2OCOCCC#N)c(=O)n1. The fourth-order valence-electron chi connectivity index (χ4n) is 8.12. The van der Waals surface area contributed by atoms with E-state index in [9.17, 15) is 29.4 Å². The van der Waals surface area contributed by atoms with Crippen molar-refractivity contribution in [2.75, 3.05) is 50.6 Å². The number of carbonyl (C=O) groups is 2. The molecule has 67 heavy (non-hydrogen) atoms. The summed E-state index contributed by atoms with van der Waals surface area (Å²) in [7, 11) is -5.80. The molecule has 0 aliphatic carbocycles. The summed E-state index contributed by atoms with van der Waals surface area (Å²) in [6.45, 7) is 19.5. The Hall–Kier alpha value is -4.33. The Morgan fingerprint density at radius 3 is 1.67 bits per heavy atom. The number of nitriles is 2. The second kappa shape index (κ2) is 25.3. The smallest absolute Gasteiger partial charge is 0.351 e. The van der Waals surface area contributed by atoms with Crippen LogP contribution in [-0.2, 0) is 51.0 Å². The number of hydrogen-bond acceptors (Lipinski definition) is 19. The van der Waals surface area contributed by atoms with Crippen molar-refractivity contribution in [1.82, 2.24) is 19.1 Å². The van der Waals surface area contributed by atoms with Gasteiger partial charge in [0.25, 0.3) is 0 Å². The Morgan fingerprint density at radius 1 is 0.791 bits per heavy atom. The maximum atomic E-state index is 13.2. The van der Waals surface area contributed by atoms with Gasteiger partial charge in [0.1, 0.15) is 61.8 Å². The molecule has 6 unspecified atom stereocenters. The second-order valence-corrected chi connectivity index (χ2v) is 26.2. The highest BCUT2D eigenvalue weighted by Gasteiger charge is 2.62. The number of nitrogens with one attached hydrogen (secondary N) is 2. The number of rotatable bonds is 19. The van der Waals surface area contributed by atoms with Crippen LogP contribution in [0.2, 0.25) is 22.2 Å². The van der Waals surface area contributed by atoms with Gasteiger partial charge in [-0.1, -0.05) is 55.4 Å². The molecule has 3 aliphatic heterocycles. The third-order valence-electron chi connectivity index (χ3n) is 11.3. The van der Waals surface area contributed by atoms with Crippen LogP contribution in [0, 0.1) is 22.7 Å². The number of nitrogens with zero attached hydrogens (tertiary/aromatic N) is 6. The molecule has 5 heterocycles. The first-order chi connectivity index (χ1) is 31.8. The van der Waals surface area contributed by atoms with Gasteiger partial charge in [0.05, 0.1) is 51.4 Å². The van der Waals surface area contributed by atoms with Crippen LogP contribution in [0.5, 0.6) is 0 Å². The van der Waals surface area contributed by atoms with Crippen LogP contribution in [0.15, 0.2) is 34.1 Å². The number of aromatic nitrogens is 4. The van der Waals surface area contributed by atoms with Crippen molar-refractivity contribution in [3.63, 3.8) is 0 Å². The first kappa shape index (κ1) is 55.3. The Balaban J connectivity index is 0.000000324. The van der Waals surface area contributed by atoms with E-state index in [0.717, 1.165) is 4.57 Å². The first-order valence-electron chi connectivity index (χ1n) is 22.2. The van der Waals surface area contributed by atoms with Gasteiger partial charge in [-0.3, -0.25) is 18.7 Å². The van der Waals surface area contributed by atoms with Crippen molar-refractivity contribution >= 4 is 40.6 Å². The number of hydrogen-bond donors (Lipinski definition) is 4. The van der Waals surface area contributed by atoms with Gasteiger partial charge < -0.3 is 62.2 Å². The van der Waals surface area contributed by atoms with Crippen LogP contribution in [0.3, 0.4) is 0 Å². The van der Waals surface area contributed by atoms with Crippen LogP contribution in [0.4, 0.5) is 11.6 Å². The van der Waals surface area contributed by atoms with Gasteiger partial charge in [0.15, 0.2) is 12.5 Å². The van der Waals surface area contributed by atoms with Crippen LogP contribution in [-0.4, -0.2) is 135 Å². The van der Waals surface area contributed by atoms with Gasteiger partial charge in [-0.25, -0.2) is 9.59 Å². The summed E-state index contributed by atoms with van der Waals surface area (Å²) in [5, 5.41) is 41.8. The third kappa shape index (κ3) is 13.7. The number of aliphatic hydroxyl groups is 2. The monoisotopic (exact) mass is 978 g/mol. The van der Waals surface area contributed by atoms with Crippen molar-refractivity contribution in [2.45, 2.75) is 153 Å². The molecule has 2 amide bonds. The number of anilines is 2. The number of fused-ring (bicyclic) bond motifs is 1. The maximum absolute atomic E-state index is 13.2. The van der Waals surface area contributed by atoms with Gasteiger partial charge in [0, 0.05) is 26.2 Å². The number of amides is 2. The highest BCUT2D eigenvalue weighted by atomic mass is 28.5. The van der Waals surface area contributed by atoms with Gasteiger partial charge >= 0.3 is 28.5 Å². The molecule has 372 valence electrons. The van der Waals surface area contributed by atoms with Gasteiger partial charge in [0.2, 0.25) is 11.8 Å². The molecule has 8 atom stereocenters. The van der Waals surface area contributed by atoms with Crippen LogP contribution in [0.1, 0.15) is 94.5 Å². The summed E-state index contributed by atoms with van der Waals surface area (Å²) in [6, 6.07) is 6.88. The standard InChI is InChI=1S/C27H46N4O8Si2.C15H20N4O7/c1-17(2)40(18(3)4)36-15-22-24(38-41(39-40,19(5)6)20(7)8)25(35-16-34-14-10-12-28)26(37-22)31-13-11-23(29-21(9)32)30-27(31)33;1-9(21)17-11-3-5-19(15(23)18-11)14-13(12(22)10(7-20)26-14)25-8-24-6-2-4-16/h11,13,17-20,22,24-26H,10,14-16H2,1-9H3,(H,29,30,32,33);3,5,10,12-14,20,22H,2,6-8H2,1H3,(H,17,18,21,23)/t22?,24-,25?,26?;10?,12-,13?,14?/m00/s1. The molecule has 25 heteroatoms. The highest BCUT2D eigenvalue weighted by Crippen LogP contribution is 2.48. The Bertz CT molecular complexity index is 2130. The minimum atomic E-state index is -3.00. The normalized spacial score (nSPS) is 25.4. The predicted molar refractivity (Wildman–Crippen MR) is 242 cm³/mol. The molecular weight excluding hydrogens is 913 g/mol. The molecule has 3 aliphatic rings. The van der Waals surface area contributed by atoms with Crippen LogP contribution in [0.25, 0.3) is 0 Å². The van der Waals surface area contributed by atoms with E-state index in [1.165, 1.54) is 42.9 Å². The molecule has 2 aromatic heterocycles. The molecule has 23 nitrogen and oxygen atoms in total. The molecule has 0 bridgehead atoms. The minimum Gasteiger partial charge on any atom is -0.414 e. The van der Waals surface area contributed by atoms with E-state index in [2.05, 4.69) is 76.0 Å². The van der Waals surface area contributed by atoms with Gasteiger partial charge in [-0.15, -0.1) is 0 Å². The molecular formula is C42H66N8O15Si2. The van der Waals surface area contributed by atoms with E-state index in [1.54, 1.807) is 0 Å². The topological polar surface area (TPSA) is 299 Å². The van der Waals surface area contributed by atoms with E-state index in [-0.39, 0.29) is 91.9 Å². The number of aliphatic hydroxyl groups excluding tert-OH is 2. The van der Waals surface area contributed by atoms with Crippen LogP contribution >= 0.6 is 0 Å². The summed E-state index contributed by atoms with van der Waals surface area (Å²) >= 11 is 0. The van der Waals surface area contributed by atoms with Crippen LogP contribution < -0.4 is 22.0 Å². The lowest BCUT2D eigenvalue weighted by atomic mass is 10.1. The lowest BCUT2D eigenvalue weighted by Gasteiger charge is -2.51. The van der Waals surface area contributed by atoms with E-state index in [0.29, 0.717) is 0 Å². The summed E-state index contributed by atoms with van der Waals surface area (Å²) in [5.74, 6) is -0.492. The van der Waals surface area contributed by atoms with E-state index in [4.69, 9.17) is 51.9 Å². The Labute approximate surface area is 392 Å². The largest absolute Gasteiger partial charge is 0.414 e. The first-order valence-corrected chi connectivity index (χ1v) is 26.2. The summed E-state index contributed by atoms with van der Waals surface area (Å²) in [6.07, 6.45) is -3.78. The summed E-state index contributed by atoms with van der Waals surface area (Å²) in [4.78, 5) is 55.6. The van der Waals surface area contributed by atoms with Gasteiger partial charge in [-0.2, -0.15) is 20.5 Å². The minimum absolute atomic E-state index is 0.0771. The molecule has 0 spiro atoms. The number of carbonyl (C=O) groups excluding carboxylic acids is 2. The maximum Gasteiger partial charge on any atom is 0.351 e. The van der Waals surface area contributed by atoms with Crippen molar-refractivity contribution in [2.24, 2.45) is 0 Å². The van der Waals surface area contributed by atoms with Crippen molar-refractivity contribution < 1.29 is 61.2 Å². The molecule has 4 N–H and O–H groups in total. The Morgan fingerprint density at radius 2 is 1.25 bits per heavy atom. The number of ether oxygens (including phenoxy) is 6. The van der Waals surface area contributed by atoms with Crippen molar-refractivity contribution in [3.05, 3.63) is 45.5 Å². The average molecular weight is 979 g/mol. The van der Waals surface area contributed by atoms with E-state index in [1.807, 2.05) is 12.1 Å². The zero-order valence-corrected chi connectivity index (χ0v) is 41.8. The Kier molecular flexibility index (Phi) is 20.9. The molecule has 0 aromatic carbocycles. The molecule has 5 rings (SSSR count). The second-order valence-electron chi connectivity index (χ2n) is 17.4. The van der Waals surface area contributed by atoms with E-state index < -0.39 is 84.2 Å². The highest BCUT2D eigenvalue weighted by molar-refractivity contribution is 6.84. The molecule has 0 radical (unpaired) electrons. The van der Waals surface area contributed by atoms with Crippen molar-refractivity contribution in [3.8, 4) is 12.1 Å². The molecule has 2 aromatic rings. The summed E-state index contributed by atoms with van der Waals surface area (Å²) in [5.41, 5.74) is -0.845. The molecule has 3 saturated heterocycles. The summed E-state index contributed by atoms with van der Waals surface area (Å²) < 4.78 is 58.0. The van der Waals surface area contributed by atoms with Crippen molar-refractivity contribution in [1.29, 1.82) is 10.5 Å². The third-order valence-corrected chi connectivity index (χ3v) is 21.6. The lowest BCUT2D eigenvalue weighted by Crippen LogP contribution is -2.66. The zero-order valence-electron chi connectivity index (χ0n) is 39.8. The fraction of sp³-hybridized carbons (Fsp3) is 0.714. The average Bonchev–Trinajstić information content (AvgIpc) is 3.74.